The second-order valence-corrected chi connectivity index (χ2v) is 7.45. The zero-order chi connectivity index (χ0) is 19.5. The summed E-state index contributed by atoms with van der Waals surface area (Å²) >= 11 is 0. The molecule has 0 saturated carbocycles. The standard InChI is InChI=1S/C20H40N2.BH3O3.4FH/c1-3-4-5-6-7-8-9-10-11-12-13-14-15-16-17-22-19-18-21(2)20-22;2-1(3)4;;;;/h18-19H,3-17,20H2,1-2H3;2-4H;4*1H. The zero-order valence-electron chi connectivity index (χ0n) is 18.9. The van der Waals surface area contributed by atoms with Gasteiger partial charge in [0.2, 0.25) is 0 Å². The molecule has 1 aliphatic rings. The van der Waals surface area contributed by atoms with Crippen molar-refractivity contribution < 1.29 is 33.9 Å². The van der Waals surface area contributed by atoms with Crippen LogP contribution >= 0.6 is 0 Å². The van der Waals surface area contributed by atoms with Gasteiger partial charge in [0.25, 0.3) is 0 Å². The Labute approximate surface area is 181 Å². The van der Waals surface area contributed by atoms with E-state index in [0.717, 1.165) is 6.67 Å². The molecule has 0 bridgehead atoms. The maximum Gasteiger partial charge on any atom is 0.631 e. The first-order valence-electron chi connectivity index (χ1n) is 10.7. The molecule has 1 aliphatic heterocycles. The van der Waals surface area contributed by atoms with Crippen molar-refractivity contribution in [3.63, 3.8) is 0 Å². The molecule has 0 radical (unpaired) electrons. The Kier molecular flexibility index (Phi) is 39.7. The summed E-state index contributed by atoms with van der Waals surface area (Å²) in [6.45, 7) is 4.61. The number of hydrogen-bond donors (Lipinski definition) is 3. The van der Waals surface area contributed by atoms with Crippen LogP contribution in [0.15, 0.2) is 12.4 Å². The number of hydrogen-bond acceptors (Lipinski definition) is 5. The molecule has 1 rings (SSSR count). The second kappa shape index (κ2) is 30.2. The number of rotatable bonds is 15. The lowest BCUT2D eigenvalue weighted by atomic mass is 10.0. The Balaban J connectivity index is -0.000000239. The SMILES string of the molecule is CCCCCCCCCCCCCCCCN1C=CN(C)C1.F.F.F.F.OB(O)O. The minimum absolute atomic E-state index is 0. The van der Waals surface area contributed by atoms with Crippen LogP contribution in [-0.4, -0.2) is 52.5 Å². The summed E-state index contributed by atoms with van der Waals surface area (Å²) in [6, 6.07) is 0. The van der Waals surface area contributed by atoms with Crippen LogP contribution in [0.2, 0.25) is 0 Å². The van der Waals surface area contributed by atoms with Gasteiger partial charge < -0.3 is 24.9 Å². The highest BCUT2D eigenvalue weighted by Crippen LogP contribution is 2.13. The van der Waals surface area contributed by atoms with Crippen molar-refractivity contribution in [2.75, 3.05) is 20.3 Å². The average molecular weight is 450 g/mol. The first-order chi connectivity index (χ1) is 12.6. The molecule has 0 atom stereocenters. The highest BCUT2D eigenvalue weighted by Gasteiger charge is 2.06. The highest BCUT2D eigenvalue weighted by molar-refractivity contribution is 6.30. The molecule has 30 heavy (non-hydrogen) atoms. The molecule has 186 valence electrons. The van der Waals surface area contributed by atoms with Gasteiger partial charge in [0.05, 0.1) is 6.67 Å². The van der Waals surface area contributed by atoms with Crippen molar-refractivity contribution in [1.82, 2.24) is 9.80 Å². The molecule has 0 aliphatic carbocycles. The van der Waals surface area contributed by atoms with Gasteiger partial charge in [0.1, 0.15) is 0 Å². The normalized spacial score (nSPS) is 11.4. The van der Waals surface area contributed by atoms with Gasteiger partial charge in [-0.3, -0.25) is 18.8 Å². The molecule has 3 N–H and O–H groups in total. The molecule has 0 saturated heterocycles. The minimum atomic E-state index is -2.17. The quantitative estimate of drug-likeness (QED) is 0.192. The molecule has 10 heteroatoms. The molecular weight excluding hydrogens is 403 g/mol. The van der Waals surface area contributed by atoms with Crippen molar-refractivity contribution in [1.29, 1.82) is 0 Å². The average Bonchev–Trinajstić information content (AvgIpc) is 3.00. The lowest BCUT2D eigenvalue weighted by molar-refractivity contribution is 0.278. The van der Waals surface area contributed by atoms with Crippen LogP contribution in [0, 0.1) is 0 Å². The van der Waals surface area contributed by atoms with Crippen molar-refractivity contribution in [3.05, 3.63) is 12.4 Å². The molecular formula is C20H47BF4N2O3. The fourth-order valence-electron chi connectivity index (χ4n) is 3.24. The third-order valence-corrected chi connectivity index (χ3v) is 4.74. The number of unbranched alkanes of at least 4 members (excludes halogenated alkanes) is 13. The lowest BCUT2D eigenvalue weighted by Gasteiger charge is -2.17. The maximum absolute atomic E-state index is 7.17. The summed E-state index contributed by atoms with van der Waals surface area (Å²) in [6.07, 6.45) is 24.6. The Morgan fingerprint density at radius 1 is 0.633 bits per heavy atom. The summed E-state index contributed by atoms with van der Waals surface area (Å²) in [4.78, 5) is 4.66. The molecule has 5 nitrogen and oxygen atoms in total. The fraction of sp³-hybridized carbons (Fsp3) is 0.900. The predicted molar refractivity (Wildman–Crippen MR) is 121 cm³/mol. The third kappa shape index (κ3) is 31.7. The highest BCUT2D eigenvalue weighted by atomic mass is 19.0. The van der Waals surface area contributed by atoms with Gasteiger partial charge in [-0.05, 0) is 6.42 Å². The van der Waals surface area contributed by atoms with E-state index in [0.29, 0.717) is 0 Å². The van der Waals surface area contributed by atoms with E-state index in [1.54, 1.807) is 0 Å². The van der Waals surface area contributed by atoms with Gasteiger partial charge in [-0.15, -0.1) is 0 Å². The molecule has 1 heterocycles. The van der Waals surface area contributed by atoms with E-state index in [4.69, 9.17) is 15.1 Å². The smallest absolute Gasteiger partial charge is 0.402 e. The van der Waals surface area contributed by atoms with Gasteiger partial charge in [-0.25, -0.2) is 0 Å². The van der Waals surface area contributed by atoms with Gasteiger partial charge >= 0.3 is 7.32 Å². The second-order valence-electron chi connectivity index (χ2n) is 7.45. The summed E-state index contributed by atoms with van der Waals surface area (Å²) in [5, 5.41) is 21.5. The van der Waals surface area contributed by atoms with Gasteiger partial charge in [-0.1, -0.05) is 90.4 Å². The van der Waals surface area contributed by atoms with Crippen LogP contribution < -0.4 is 0 Å². The first-order valence-corrected chi connectivity index (χ1v) is 10.7. The molecule has 0 aromatic carbocycles. The minimum Gasteiger partial charge on any atom is -0.402 e. The van der Waals surface area contributed by atoms with Gasteiger partial charge in [0.15, 0.2) is 0 Å². The fourth-order valence-corrected chi connectivity index (χ4v) is 3.24. The van der Waals surface area contributed by atoms with E-state index in [9.17, 15) is 0 Å². The van der Waals surface area contributed by atoms with Gasteiger partial charge in [0, 0.05) is 26.0 Å². The van der Waals surface area contributed by atoms with E-state index in [2.05, 4.69) is 36.2 Å². The Morgan fingerprint density at radius 2 is 0.967 bits per heavy atom. The monoisotopic (exact) mass is 450 g/mol. The third-order valence-electron chi connectivity index (χ3n) is 4.74. The van der Waals surface area contributed by atoms with Gasteiger partial charge in [-0.2, -0.15) is 0 Å². The largest absolute Gasteiger partial charge is 0.631 e. The summed E-state index contributed by atoms with van der Waals surface area (Å²) in [7, 11) is -0.0261. The molecule has 0 aromatic heterocycles. The van der Waals surface area contributed by atoms with E-state index in [1.165, 1.54) is 96.4 Å². The van der Waals surface area contributed by atoms with Crippen molar-refractivity contribution in [2.24, 2.45) is 0 Å². The van der Waals surface area contributed by atoms with E-state index in [-0.39, 0.29) is 18.8 Å². The number of halogens is 4. The maximum atomic E-state index is 7.17. The Hall–Kier alpha value is -0.995. The van der Waals surface area contributed by atoms with Crippen molar-refractivity contribution in [3.8, 4) is 0 Å². The van der Waals surface area contributed by atoms with Crippen LogP contribution in [0.3, 0.4) is 0 Å². The molecule has 0 amide bonds. The van der Waals surface area contributed by atoms with Crippen molar-refractivity contribution >= 4 is 7.32 Å². The van der Waals surface area contributed by atoms with Crippen LogP contribution in [0.4, 0.5) is 18.8 Å². The molecule has 0 fully saturated rings. The summed E-state index contributed by atoms with van der Waals surface area (Å²) in [5.41, 5.74) is 0. The van der Waals surface area contributed by atoms with Crippen LogP contribution in [0.25, 0.3) is 0 Å². The lowest BCUT2D eigenvalue weighted by Crippen LogP contribution is -2.23. The van der Waals surface area contributed by atoms with Crippen LogP contribution in [-0.2, 0) is 0 Å². The van der Waals surface area contributed by atoms with E-state index >= 15 is 0 Å². The Morgan fingerprint density at radius 3 is 1.27 bits per heavy atom. The van der Waals surface area contributed by atoms with Crippen molar-refractivity contribution in [2.45, 2.75) is 96.8 Å². The predicted octanol–water partition coefficient (Wildman–Crippen LogP) is 4.70. The zero-order valence-corrected chi connectivity index (χ0v) is 18.9. The van der Waals surface area contributed by atoms with E-state index in [1.807, 2.05) is 0 Å². The van der Waals surface area contributed by atoms with E-state index < -0.39 is 7.32 Å². The molecule has 0 spiro atoms. The Bertz CT molecular complexity index is 332. The summed E-state index contributed by atoms with van der Waals surface area (Å²) < 4.78 is 0. The summed E-state index contributed by atoms with van der Waals surface area (Å²) in [5.74, 6) is 0. The number of nitrogens with zero attached hydrogens (tertiary/aromatic N) is 2. The van der Waals surface area contributed by atoms with Crippen LogP contribution in [0.1, 0.15) is 96.8 Å². The topological polar surface area (TPSA) is 67.2 Å². The first kappa shape index (κ1) is 39.5. The van der Waals surface area contributed by atoms with Crippen LogP contribution in [0.5, 0.6) is 0 Å². The molecule has 0 aromatic rings. The molecule has 0 unspecified atom stereocenters.